The molecule has 0 aliphatic carbocycles. The Labute approximate surface area is 121 Å². The maximum atomic E-state index is 12.1. The fourth-order valence-corrected chi connectivity index (χ4v) is 2.37. The third kappa shape index (κ3) is 4.24. The lowest BCUT2D eigenvalue weighted by Crippen LogP contribution is -2.44. The summed E-state index contributed by atoms with van der Waals surface area (Å²) in [6.45, 7) is 3.91. The van der Waals surface area contributed by atoms with Gasteiger partial charge in [0.05, 0.1) is 11.6 Å². The first-order valence-electron chi connectivity index (χ1n) is 6.04. The summed E-state index contributed by atoms with van der Waals surface area (Å²) in [5.74, 6) is -0.240. The number of benzene rings is 1. The monoisotopic (exact) mass is 327 g/mol. The molecule has 4 N–H and O–H groups in total. The second-order valence-corrected chi connectivity index (χ2v) is 5.18. The Morgan fingerprint density at radius 3 is 2.79 bits per heavy atom. The first-order valence-corrected chi connectivity index (χ1v) is 6.83. The number of nitrogens with two attached hydrogens (primary N) is 1. The molecule has 0 saturated heterocycles. The van der Waals surface area contributed by atoms with Gasteiger partial charge in [0.1, 0.15) is 0 Å². The number of carbonyl (C=O) groups excluding carboxylic acids is 1. The van der Waals surface area contributed by atoms with Crippen LogP contribution in [0.4, 0.5) is 0 Å². The number of rotatable bonds is 5. The Bertz CT molecular complexity index is 489. The molecule has 19 heavy (non-hydrogen) atoms. The van der Waals surface area contributed by atoms with Gasteiger partial charge in [0, 0.05) is 4.47 Å². The van der Waals surface area contributed by atoms with Gasteiger partial charge in [-0.1, -0.05) is 24.6 Å². The number of amides is 1. The molecule has 0 spiro atoms. The van der Waals surface area contributed by atoms with E-state index in [-0.39, 0.29) is 11.7 Å². The molecule has 1 unspecified atom stereocenters. The van der Waals surface area contributed by atoms with Crippen molar-refractivity contribution in [3.05, 3.63) is 33.8 Å². The second kappa shape index (κ2) is 7.13. The molecule has 1 rings (SSSR count). The number of hydrogen-bond donors (Lipinski definition) is 3. The van der Waals surface area contributed by atoms with Crippen molar-refractivity contribution < 1.29 is 10.0 Å². The maximum Gasteiger partial charge on any atom is 0.253 e. The summed E-state index contributed by atoms with van der Waals surface area (Å²) in [6.07, 6.45) is 1.43. The van der Waals surface area contributed by atoms with Crippen molar-refractivity contribution >= 4 is 27.7 Å². The predicted molar refractivity (Wildman–Crippen MR) is 78.5 cm³/mol. The van der Waals surface area contributed by atoms with E-state index < -0.39 is 6.04 Å². The van der Waals surface area contributed by atoms with Crippen LogP contribution in [-0.2, 0) is 0 Å². The van der Waals surface area contributed by atoms with E-state index in [1.54, 1.807) is 6.07 Å². The number of amidine groups is 1. The molecular formula is C13H18BrN3O2. The zero-order chi connectivity index (χ0) is 14.4. The fourth-order valence-electron chi connectivity index (χ4n) is 1.69. The third-order valence-electron chi connectivity index (χ3n) is 2.72. The van der Waals surface area contributed by atoms with Crippen LogP contribution < -0.4 is 11.1 Å². The van der Waals surface area contributed by atoms with E-state index >= 15 is 0 Å². The SMILES string of the molecule is CCCC(NC(=O)c1ccc(C)cc1Br)/C(N)=N/O. The van der Waals surface area contributed by atoms with Gasteiger partial charge in [-0.05, 0) is 47.0 Å². The minimum atomic E-state index is -0.462. The molecule has 0 aromatic heterocycles. The molecule has 0 fully saturated rings. The molecule has 1 atom stereocenters. The van der Waals surface area contributed by atoms with E-state index in [2.05, 4.69) is 26.4 Å². The molecule has 0 saturated carbocycles. The van der Waals surface area contributed by atoms with E-state index in [4.69, 9.17) is 10.9 Å². The lowest BCUT2D eigenvalue weighted by Gasteiger charge is -2.17. The van der Waals surface area contributed by atoms with Crippen LogP contribution >= 0.6 is 15.9 Å². The van der Waals surface area contributed by atoms with Crippen LogP contribution in [0, 0.1) is 6.92 Å². The minimum absolute atomic E-state index is 0.0124. The van der Waals surface area contributed by atoms with Gasteiger partial charge < -0.3 is 16.3 Å². The van der Waals surface area contributed by atoms with Crippen LogP contribution in [0.3, 0.4) is 0 Å². The van der Waals surface area contributed by atoms with Crippen LogP contribution in [0.2, 0.25) is 0 Å². The Hall–Kier alpha value is -1.56. The van der Waals surface area contributed by atoms with E-state index in [1.807, 2.05) is 26.0 Å². The van der Waals surface area contributed by atoms with E-state index in [1.165, 1.54) is 0 Å². The maximum absolute atomic E-state index is 12.1. The largest absolute Gasteiger partial charge is 0.409 e. The van der Waals surface area contributed by atoms with Gasteiger partial charge in [-0.15, -0.1) is 0 Å². The number of aryl methyl sites for hydroxylation is 1. The lowest BCUT2D eigenvalue weighted by molar-refractivity contribution is 0.0944. The smallest absolute Gasteiger partial charge is 0.253 e. The number of hydrogen-bond acceptors (Lipinski definition) is 3. The number of oxime groups is 1. The Kier molecular flexibility index (Phi) is 5.82. The van der Waals surface area contributed by atoms with Crippen LogP contribution in [-0.4, -0.2) is 23.0 Å². The molecule has 6 heteroatoms. The summed E-state index contributed by atoms with van der Waals surface area (Å²) in [6, 6.07) is 5.01. The zero-order valence-electron chi connectivity index (χ0n) is 11.0. The molecule has 1 amide bonds. The summed E-state index contributed by atoms with van der Waals surface area (Å²) >= 11 is 3.36. The highest BCUT2D eigenvalue weighted by molar-refractivity contribution is 9.10. The third-order valence-corrected chi connectivity index (χ3v) is 3.38. The minimum Gasteiger partial charge on any atom is -0.409 e. The van der Waals surface area contributed by atoms with Crippen molar-refractivity contribution in [1.82, 2.24) is 5.32 Å². The average molecular weight is 328 g/mol. The molecule has 0 aliphatic rings. The fraction of sp³-hybridized carbons (Fsp3) is 0.385. The van der Waals surface area contributed by atoms with Crippen molar-refractivity contribution in [1.29, 1.82) is 0 Å². The van der Waals surface area contributed by atoms with Gasteiger partial charge in [-0.2, -0.15) is 0 Å². The molecule has 0 aliphatic heterocycles. The first-order chi connectivity index (χ1) is 8.99. The van der Waals surface area contributed by atoms with Crippen molar-refractivity contribution in [2.75, 3.05) is 0 Å². The topological polar surface area (TPSA) is 87.7 Å². The van der Waals surface area contributed by atoms with Crippen molar-refractivity contribution in [2.45, 2.75) is 32.7 Å². The quantitative estimate of drug-likeness (QED) is 0.336. The average Bonchev–Trinajstić information content (AvgIpc) is 2.37. The molecule has 104 valence electrons. The summed E-state index contributed by atoms with van der Waals surface area (Å²) in [4.78, 5) is 12.1. The Morgan fingerprint density at radius 1 is 1.58 bits per heavy atom. The summed E-state index contributed by atoms with van der Waals surface area (Å²) in [5, 5.41) is 14.4. The second-order valence-electron chi connectivity index (χ2n) is 4.32. The van der Waals surface area contributed by atoms with Crippen molar-refractivity contribution in [3.8, 4) is 0 Å². The van der Waals surface area contributed by atoms with E-state index in [9.17, 15) is 4.79 Å². The van der Waals surface area contributed by atoms with Gasteiger partial charge in [-0.3, -0.25) is 4.79 Å². The first kappa shape index (κ1) is 15.5. The highest BCUT2D eigenvalue weighted by atomic mass is 79.9. The molecule has 0 bridgehead atoms. The van der Waals surface area contributed by atoms with Crippen LogP contribution in [0.5, 0.6) is 0 Å². The Balaban J connectivity index is 2.87. The summed E-state index contributed by atoms with van der Waals surface area (Å²) in [7, 11) is 0. The molecule has 1 aromatic rings. The molecule has 5 nitrogen and oxygen atoms in total. The van der Waals surface area contributed by atoms with Crippen LogP contribution in [0.25, 0.3) is 0 Å². The lowest BCUT2D eigenvalue weighted by atomic mass is 10.1. The number of nitrogens with one attached hydrogen (secondary N) is 1. The number of halogens is 1. The normalized spacial score (nSPS) is 13.1. The standard InChI is InChI=1S/C13H18BrN3O2/c1-3-4-11(12(15)17-19)16-13(18)9-6-5-8(2)7-10(9)14/h5-7,11,19H,3-4H2,1-2H3,(H2,15,17)(H,16,18). The van der Waals surface area contributed by atoms with Gasteiger partial charge in [0.2, 0.25) is 0 Å². The van der Waals surface area contributed by atoms with Crippen LogP contribution in [0.15, 0.2) is 27.8 Å². The highest BCUT2D eigenvalue weighted by Gasteiger charge is 2.18. The van der Waals surface area contributed by atoms with Gasteiger partial charge in [-0.25, -0.2) is 0 Å². The van der Waals surface area contributed by atoms with Crippen molar-refractivity contribution in [3.63, 3.8) is 0 Å². The van der Waals surface area contributed by atoms with Gasteiger partial charge in [0.15, 0.2) is 5.84 Å². The number of nitrogens with zero attached hydrogens (tertiary/aromatic N) is 1. The number of carbonyl (C=O) groups is 1. The summed E-state index contributed by atoms with van der Waals surface area (Å²) in [5.41, 5.74) is 7.15. The summed E-state index contributed by atoms with van der Waals surface area (Å²) < 4.78 is 0.722. The molecular weight excluding hydrogens is 310 g/mol. The van der Waals surface area contributed by atoms with Crippen LogP contribution in [0.1, 0.15) is 35.7 Å². The predicted octanol–water partition coefficient (Wildman–Crippen LogP) is 2.40. The van der Waals surface area contributed by atoms with E-state index in [0.29, 0.717) is 12.0 Å². The Morgan fingerprint density at radius 2 is 2.26 bits per heavy atom. The van der Waals surface area contributed by atoms with Crippen molar-refractivity contribution in [2.24, 2.45) is 10.9 Å². The molecule has 1 aromatic carbocycles. The van der Waals surface area contributed by atoms with E-state index in [0.717, 1.165) is 16.5 Å². The zero-order valence-corrected chi connectivity index (χ0v) is 12.6. The molecule has 0 heterocycles. The van der Waals surface area contributed by atoms with Gasteiger partial charge >= 0.3 is 0 Å². The van der Waals surface area contributed by atoms with Gasteiger partial charge in [0.25, 0.3) is 5.91 Å². The highest BCUT2D eigenvalue weighted by Crippen LogP contribution is 2.18. The molecule has 0 radical (unpaired) electrons.